The van der Waals surface area contributed by atoms with Crippen LogP contribution in [0.3, 0.4) is 0 Å². The molecule has 4 heteroatoms. The van der Waals surface area contributed by atoms with E-state index in [9.17, 15) is 8.78 Å². The van der Waals surface area contributed by atoms with Crippen molar-refractivity contribution in [3.8, 4) is 17.6 Å². The van der Waals surface area contributed by atoms with Crippen molar-refractivity contribution in [3.63, 3.8) is 0 Å². The van der Waals surface area contributed by atoms with Gasteiger partial charge in [0.15, 0.2) is 0 Å². The zero-order valence-corrected chi connectivity index (χ0v) is 8.62. The third-order valence-electron chi connectivity index (χ3n) is 1.68. The SMILES string of the molecule is OCCC#Cc1cccc(OCC(F)F)c1. The number of hydrogen-bond donors (Lipinski definition) is 1. The Labute approximate surface area is 92.9 Å². The first-order valence-electron chi connectivity index (χ1n) is 4.83. The second-order valence-electron chi connectivity index (χ2n) is 3.01. The highest BCUT2D eigenvalue weighted by Gasteiger charge is 2.03. The zero-order chi connectivity index (χ0) is 11.8. The maximum absolute atomic E-state index is 11.9. The third-order valence-corrected chi connectivity index (χ3v) is 1.68. The molecule has 1 aromatic rings. The second-order valence-corrected chi connectivity index (χ2v) is 3.01. The molecule has 0 aliphatic carbocycles. The van der Waals surface area contributed by atoms with Crippen LogP contribution in [0.15, 0.2) is 24.3 Å². The average molecular weight is 226 g/mol. The number of rotatable bonds is 4. The van der Waals surface area contributed by atoms with Crippen molar-refractivity contribution in [2.24, 2.45) is 0 Å². The van der Waals surface area contributed by atoms with Crippen molar-refractivity contribution in [2.45, 2.75) is 12.8 Å². The van der Waals surface area contributed by atoms with Gasteiger partial charge in [-0.25, -0.2) is 8.78 Å². The molecule has 0 heterocycles. The molecule has 0 saturated heterocycles. The molecule has 0 unspecified atom stereocenters. The summed E-state index contributed by atoms with van der Waals surface area (Å²) in [6, 6.07) is 6.62. The molecule has 0 aliphatic rings. The Hall–Kier alpha value is -1.60. The van der Waals surface area contributed by atoms with Gasteiger partial charge in [-0.2, -0.15) is 0 Å². The molecule has 0 bridgehead atoms. The predicted molar refractivity (Wildman–Crippen MR) is 56.5 cm³/mol. The van der Waals surface area contributed by atoms with Gasteiger partial charge in [-0.1, -0.05) is 17.9 Å². The van der Waals surface area contributed by atoms with E-state index in [2.05, 4.69) is 11.8 Å². The van der Waals surface area contributed by atoms with Gasteiger partial charge in [0.05, 0.1) is 6.61 Å². The van der Waals surface area contributed by atoms with Gasteiger partial charge in [-0.3, -0.25) is 0 Å². The summed E-state index contributed by atoms with van der Waals surface area (Å²) in [5, 5.41) is 8.53. The van der Waals surface area contributed by atoms with Crippen LogP contribution in [-0.2, 0) is 0 Å². The van der Waals surface area contributed by atoms with E-state index in [1.807, 2.05) is 0 Å². The summed E-state index contributed by atoms with van der Waals surface area (Å²) in [6.07, 6.45) is -2.09. The number of benzene rings is 1. The Bertz CT molecular complexity index is 380. The van der Waals surface area contributed by atoms with Crippen LogP contribution >= 0.6 is 0 Å². The number of aliphatic hydroxyl groups is 1. The molecular formula is C12H12F2O2. The molecule has 0 amide bonds. The Morgan fingerprint density at radius 1 is 1.38 bits per heavy atom. The van der Waals surface area contributed by atoms with Gasteiger partial charge in [-0.15, -0.1) is 0 Å². The van der Waals surface area contributed by atoms with Crippen LogP contribution in [-0.4, -0.2) is 24.7 Å². The van der Waals surface area contributed by atoms with Crippen LogP contribution in [0.25, 0.3) is 0 Å². The summed E-state index contributed by atoms with van der Waals surface area (Å²) >= 11 is 0. The molecule has 0 atom stereocenters. The predicted octanol–water partition coefficient (Wildman–Crippen LogP) is 2.06. The van der Waals surface area contributed by atoms with Gasteiger partial charge in [0.1, 0.15) is 12.4 Å². The zero-order valence-electron chi connectivity index (χ0n) is 8.62. The van der Waals surface area contributed by atoms with E-state index in [0.717, 1.165) is 0 Å². The normalized spacial score (nSPS) is 9.75. The lowest BCUT2D eigenvalue weighted by Crippen LogP contribution is -2.06. The largest absolute Gasteiger partial charge is 0.488 e. The van der Waals surface area contributed by atoms with Crippen LogP contribution in [0.1, 0.15) is 12.0 Å². The van der Waals surface area contributed by atoms with Crippen molar-refractivity contribution < 1.29 is 18.6 Å². The van der Waals surface area contributed by atoms with E-state index in [1.54, 1.807) is 24.3 Å². The molecule has 86 valence electrons. The van der Waals surface area contributed by atoms with E-state index in [4.69, 9.17) is 9.84 Å². The van der Waals surface area contributed by atoms with Crippen LogP contribution in [0.2, 0.25) is 0 Å². The Morgan fingerprint density at radius 2 is 2.19 bits per heavy atom. The summed E-state index contributed by atoms with van der Waals surface area (Å²) in [5.41, 5.74) is 0.681. The molecule has 0 aromatic heterocycles. The van der Waals surface area contributed by atoms with Crippen LogP contribution in [0.5, 0.6) is 5.75 Å². The highest BCUT2D eigenvalue weighted by atomic mass is 19.3. The van der Waals surface area contributed by atoms with E-state index >= 15 is 0 Å². The summed E-state index contributed by atoms with van der Waals surface area (Å²) in [4.78, 5) is 0. The molecular weight excluding hydrogens is 214 g/mol. The van der Waals surface area contributed by atoms with Crippen LogP contribution in [0.4, 0.5) is 8.78 Å². The van der Waals surface area contributed by atoms with E-state index in [-0.39, 0.29) is 6.61 Å². The third kappa shape index (κ3) is 4.76. The van der Waals surface area contributed by atoms with Crippen LogP contribution in [0, 0.1) is 11.8 Å². The summed E-state index contributed by atoms with van der Waals surface area (Å²) < 4.78 is 28.6. The Morgan fingerprint density at radius 3 is 2.88 bits per heavy atom. The fourth-order valence-electron chi connectivity index (χ4n) is 1.04. The quantitative estimate of drug-likeness (QED) is 0.796. The molecule has 0 saturated carbocycles. The van der Waals surface area contributed by atoms with Gasteiger partial charge in [0, 0.05) is 12.0 Å². The minimum atomic E-state index is -2.48. The lowest BCUT2D eigenvalue weighted by molar-refractivity contribution is 0.0819. The number of aliphatic hydroxyl groups excluding tert-OH is 1. The molecule has 2 nitrogen and oxygen atoms in total. The lowest BCUT2D eigenvalue weighted by atomic mass is 10.2. The summed E-state index contributed by atoms with van der Waals surface area (Å²) in [5.74, 6) is 5.91. The van der Waals surface area contributed by atoms with Crippen molar-refractivity contribution in [2.75, 3.05) is 13.2 Å². The standard InChI is InChI=1S/C12H12F2O2/c13-12(14)9-16-11-6-3-5-10(8-11)4-1-2-7-15/h3,5-6,8,12,15H,2,7,9H2. The van der Waals surface area contributed by atoms with Crippen molar-refractivity contribution in [1.29, 1.82) is 0 Å². The molecule has 1 rings (SSSR count). The maximum atomic E-state index is 11.9. The Kier molecular flexibility index (Phi) is 5.30. The topological polar surface area (TPSA) is 29.5 Å². The molecule has 16 heavy (non-hydrogen) atoms. The second kappa shape index (κ2) is 6.81. The van der Waals surface area contributed by atoms with Crippen molar-refractivity contribution >= 4 is 0 Å². The monoisotopic (exact) mass is 226 g/mol. The fourth-order valence-corrected chi connectivity index (χ4v) is 1.04. The van der Waals surface area contributed by atoms with Crippen LogP contribution < -0.4 is 4.74 Å². The van der Waals surface area contributed by atoms with Gasteiger partial charge < -0.3 is 9.84 Å². The smallest absolute Gasteiger partial charge is 0.272 e. The number of ether oxygens (including phenoxy) is 1. The number of alkyl halides is 2. The van der Waals surface area contributed by atoms with Gasteiger partial charge >= 0.3 is 0 Å². The summed E-state index contributed by atoms with van der Waals surface area (Å²) in [6.45, 7) is -0.609. The fraction of sp³-hybridized carbons (Fsp3) is 0.333. The first-order chi connectivity index (χ1) is 7.72. The molecule has 0 spiro atoms. The molecule has 1 N–H and O–H groups in total. The lowest BCUT2D eigenvalue weighted by Gasteiger charge is -2.04. The molecule has 1 aromatic carbocycles. The average Bonchev–Trinajstić information content (AvgIpc) is 2.27. The number of halogens is 2. The highest BCUT2D eigenvalue weighted by molar-refractivity contribution is 5.39. The minimum absolute atomic E-state index is 0.00851. The summed E-state index contributed by atoms with van der Waals surface area (Å²) in [7, 11) is 0. The van der Waals surface area contributed by atoms with E-state index in [1.165, 1.54) is 0 Å². The minimum Gasteiger partial charge on any atom is -0.488 e. The van der Waals surface area contributed by atoms with Crippen molar-refractivity contribution in [3.05, 3.63) is 29.8 Å². The first kappa shape index (κ1) is 12.5. The van der Waals surface area contributed by atoms with E-state index in [0.29, 0.717) is 17.7 Å². The van der Waals surface area contributed by atoms with E-state index < -0.39 is 13.0 Å². The van der Waals surface area contributed by atoms with Gasteiger partial charge in [-0.05, 0) is 18.2 Å². The Balaban J connectivity index is 2.61. The van der Waals surface area contributed by atoms with Crippen molar-refractivity contribution in [1.82, 2.24) is 0 Å². The van der Waals surface area contributed by atoms with Gasteiger partial charge in [0.2, 0.25) is 0 Å². The molecule has 0 fully saturated rings. The molecule has 0 aliphatic heterocycles. The number of hydrogen-bond acceptors (Lipinski definition) is 2. The highest BCUT2D eigenvalue weighted by Crippen LogP contribution is 2.13. The van der Waals surface area contributed by atoms with Gasteiger partial charge in [0.25, 0.3) is 6.43 Å². The first-order valence-corrected chi connectivity index (χ1v) is 4.83. The molecule has 0 radical (unpaired) electrons. The maximum Gasteiger partial charge on any atom is 0.272 e.